The van der Waals surface area contributed by atoms with E-state index in [2.05, 4.69) is 20.8 Å². The highest BCUT2D eigenvalue weighted by Gasteiger charge is 2.45. The third-order valence-corrected chi connectivity index (χ3v) is 6.07. The topological polar surface area (TPSA) is 59.0 Å². The molecule has 0 saturated heterocycles. The summed E-state index contributed by atoms with van der Waals surface area (Å²) in [6.07, 6.45) is 3.01. The number of anilines is 1. The van der Waals surface area contributed by atoms with Crippen molar-refractivity contribution in [1.29, 1.82) is 0 Å². The third kappa shape index (κ3) is 4.50. The molecule has 5 heteroatoms. The van der Waals surface area contributed by atoms with Gasteiger partial charge in [-0.05, 0) is 42.9 Å². The lowest BCUT2D eigenvalue weighted by molar-refractivity contribution is -0.146. The van der Waals surface area contributed by atoms with Crippen LogP contribution < -0.4 is 4.90 Å². The molecule has 0 bridgehead atoms. The van der Waals surface area contributed by atoms with Gasteiger partial charge in [-0.25, -0.2) is 0 Å². The van der Waals surface area contributed by atoms with E-state index >= 15 is 0 Å². The van der Waals surface area contributed by atoms with Gasteiger partial charge in [-0.3, -0.25) is 14.6 Å². The fourth-order valence-corrected chi connectivity index (χ4v) is 4.50. The Kier molecular flexibility index (Phi) is 6.49. The molecule has 1 aromatic rings. The molecular weight excluding hydrogens is 376 g/mol. The molecule has 5 nitrogen and oxygen atoms in total. The number of nitrogens with zero attached hydrogens (tertiary/aromatic N) is 2. The van der Waals surface area contributed by atoms with Crippen LogP contribution in [0.5, 0.6) is 0 Å². The second-order valence-electron chi connectivity index (χ2n) is 9.52. The van der Waals surface area contributed by atoms with Gasteiger partial charge >= 0.3 is 5.97 Å². The molecule has 1 heterocycles. The molecule has 0 spiro atoms. The first-order valence-corrected chi connectivity index (χ1v) is 10.9. The van der Waals surface area contributed by atoms with Crippen LogP contribution in [-0.2, 0) is 14.3 Å². The molecule has 1 unspecified atom stereocenters. The SMILES string of the molecule is CCCCOC(=O)C1C(C)=NC2=C(C(=O)CC(C)(C)C2)[C@H]1c1ccc(N(C)C)cc1. The molecule has 0 saturated carbocycles. The minimum atomic E-state index is -0.559. The second kappa shape index (κ2) is 8.75. The van der Waals surface area contributed by atoms with Crippen LogP contribution >= 0.6 is 0 Å². The van der Waals surface area contributed by atoms with Crippen LogP contribution in [0.4, 0.5) is 5.69 Å². The van der Waals surface area contributed by atoms with Gasteiger partial charge in [-0.15, -0.1) is 0 Å². The molecule has 0 fully saturated rings. The lowest BCUT2D eigenvalue weighted by Crippen LogP contribution is -2.39. The van der Waals surface area contributed by atoms with Crippen LogP contribution in [0.2, 0.25) is 0 Å². The van der Waals surface area contributed by atoms with E-state index in [0.29, 0.717) is 18.6 Å². The molecule has 0 amide bonds. The number of esters is 1. The van der Waals surface area contributed by atoms with Crippen molar-refractivity contribution >= 4 is 23.2 Å². The normalized spacial score (nSPS) is 23.0. The highest BCUT2D eigenvalue weighted by molar-refractivity contribution is 6.09. The summed E-state index contributed by atoms with van der Waals surface area (Å²) in [6.45, 7) is 8.56. The summed E-state index contributed by atoms with van der Waals surface area (Å²) in [5, 5.41) is 0. The van der Waals surface area contributed by atoms with Crippen LogP contribution in [0.15, 0.2) is 40.5 Å². The van der Waals surface area contributed by atoms with Gasteiger partial charge in [0.25, 0.3) is 0 Å². The van der Waals surface area contributed by atoms with Gasteiger partial charge in [-0.2, -0.15) is 0 Å². The van der Waals surface area contributed by atoms with Gasteiger partial charge in [0.1, 0.15) is 5.92 Å². The maximum Gasteiger partial charge on any atom is 0.315 e. The molecule has 0 radical (unpaired) electrons. The summed E-state index contributed by atoms with van der Waals surface area (Å²) >= 11 is 0. The van der Waals surface area contributed by atoms with E-state index in [1.165, 1.54) is 0 Å². The number of ketones is 1. The molecule has 1 aliphatic heterocycles. The Hall–Kier alpha value is -2.43. The molecule has 162 valence electrons. The van der Waals surface area contributed by atoms with E-state index in [4.69, 9.17) is 9.73 Å². The van der Waals surface area contributed by atoms with Crippen molar-refractivity contribution in [1.82, 2.24) is 0 Å². The quantitative estimate of drug-likeness (QED) is 0.494. The maximum atomic E-state index is 13.3. The van der Waals surface area contributed by atoms with Crippen molar-refractivity contribution in [2.75, 3.05) is 25.6 Å². The van der Waals surface area contributed by atoms with E-state index in [1.54, 1.807) is 0 Å². The Morgan fingerprint density at radius 1 is 1.20 bits per heavy atom. The molecule has 1 aliphatic carbocycles. The smallest absolute Gasteiger partial charge is 0.315 e. The van der Waals surface area contributed by atoms with Crippen LogP contribution in [0.25, 0.3) is 0 Å². The zero-order chi connectivity index (χ0) is 22.1. The molecule has 0 aromatic heterocycles. The zero-order valence-corrected chi connectivity index (χ0v) is 19.1. The van der Waals surface area contributed by atoms with E-state index in [9.17, 15) is 9.59 Å². The summed E-state index contributed by atoms with van der Waals surface area (Å²) in [7, 11) is 3.99. The average molecular weight is 411 g/mol. The first kappa shape index (κ1) is 22.3. The van der Waals surface area contributed by atoms with Gasteiger partial charge < -0.3 is 9.64 Å². The van der Waals surface area contributed by atoms with Gasteiger partial charge in [0, 0.05) is 49.1 Å². The number of rotatable bonds is 6. The van der Waals surface area contributed by atoms with Gasteiger partial charge in [0.05, 0.1) is 6.61 Å². The van der Waals surface area contributed by atoms with E-state index < -0.39 is 5.92 Å². The first-order chi connectivity index (χ1) is 14.1. The molecule has 2 atom stereocenters. The number of benzene rings is 1. The Morgan fingerprint density at radius 2 is 1.87 bits per heavy atom. The Labute approximate surface area is 180 Å². The van der Waals surface area contributed by atoms with Crippen molar-refractivity contribution in [3.63, 3.8) is 0 Å². The van der Waals surface area contributed by atoms with Gasteiger partial charge in [0.15, 0.2) is 5.78 Å². The number of allylic oxidation sites excluding steroid dienone is 2. The molecule has 1 aromatic carbocycles. The standard InChI is InChI=1S/C25H34N2O3/c1-7-8-13-30-24(29)21-16(2)26-19-14-25(3,4)15-20(28)23(19)22(21)17-9-11-18(12-10-17)27(5)6/h9-12,21-22H,7-8,13-15H2,1-6H3/t21?,22-/m0/s1. The first-order valence-electron chi connectivity index (χ1n) is 10.9. The predicted molar refractivity (Wildman–Crippen MR) is 121 cm³/mol. The van der Waals surface area contributed by atoms with Crippen LogP contribution in [-0.4, -0.2) is 38.2 Å². The molecule has 0 N–H and O–H groups in total. The largest absolute Gasteiger partial charge is 0.465 e. The number of hydrogen-bond donors (Lipinski definition) is 0. The third-order valence-electron chi connectivity index (χ3n) is 6.07. The highest BCUT2D eigenvalue weighted by Crippen LogP contribution is 2.48. The predicted octanol–water partition coefficient (Wildman–Crippen LogP) is 4.91. The number of carbonyl (C=O) groups is 2. The Balaban J connectivity index is 2.06. The van der Waals surface area contributed by atoms with Crippen LogP contribution in [0.1, 0.15) is 64.9 Å². The molecule has 3 rings (SSSR count). The Bertz CT molecular complexity index is 878. The Morgan fingerprint density at radius 3 is 2.47 bits per heavy atom. The minimum Gasteiger partial charge on any atom is -0.465 e. The van der Waals surface area contributed by atoms with Crippen molar-refractivity contribution in [3.05, 3.63) is 41.1 Å². The monoisotopic (exact) mass is 410 g/mol. The van der Waals surface area contributed by atoms with Crippen molar-refractivity contribution < 1.29 is 14.3 Å². The number of hydrogen-bond acceptors (Lipinski definition) is 5. The van der Waals surface area contributed by atoms with Gasteiger partial charge in [0.2, 0.25) is 0 Å². The van der Waals surface area contributed by atoms with Crippen molar-refractivity contribution in [2.24, 2.45) is 16.3 Å². The van der Waals surface area contributed by atoms with E-state index in [-0.39, 0.29) is 23.1 Å². The number of unbranched alkanes of at least 4 members (excludes halogenated alkanes) is 1. The number of carbonyl (C=O) groups excluding carboxylic acids is 2. The lowest BCUT2D eigenvalue weighted by Gasteiger charge is -2.39. The van der Waals surface area contributed by atoms with Crippen molar-refractivity contribution in [3.8, 4) is 0 Å². The van der Waals surface area contributed by atoms with Crippen molar-refractivity contribution in [2.45, 2.75) is 59.3 Å². The maximum absolute atomic E-state index is 13.3. The number of aliphatic imine (C=N–C) groups is 1. The van der Waals surface area contributed by atoms with Crippen LogP contribution in [0, 0.1) is 11.3 Å². The summed E-state index contributed by atoms with van der Waals surface area (Å²) in [4.78, 5) is 33.2. The fraction of sp³-hybridized carbons (Fsp3) is 0.560. The molecular formula is C25H34N2O3. The fourth-order valence-electron chi connectivity index (χ4n) is 4.50. The molecule has 2 aliphatic rings. The minimum absolute atomic E-state index is 0.102. The average Bonchev–Trinajstić information content (AvgIpc) is 2.66. The highest BCUT2D eigenvalue weighted by atomic mass is 16.5. The number of Topliss-reactive ketones (excluding diaryl/α,β-unsaturated/α-hetero) is 1. The van der Waals surface area contributed by atoms with Crippen LogP contribution in [0.3, 0.4) is 0 Å². The summed E-state index contributed by atoms with van der Waals surface area (Å²) in [6, 6.07) is 8.13. The van der Waals surface area contributed by atoms with E-state index in [1.807, 2.05) is 50.2 Å². The van der Waals surface area contributed by atoms with E-state index in [0.717, 1.165) is 41.9 Å². The summed E-state index contributed by atoms with van der Waals surface area (Å²) < 4.78 is 5.60. The van der Waals surface area contributed by atoms with Gasteiger partial charge in [-0.1, -0.05) is 39.3 Å². The summed E-state index contributed by atoms with van der Waals surface area (Å²) in [5.74, 6) is -1.08. The number of ether oxygens (including phenoxy) is 1. The zero-order valence-electron chi connectivity index (χ0n) is 19.1. The summed E-state index contributed by atoms with van der Waals surface area (Å²) in [5.41, 5.74) is 4.21. The molecule has 30 heavy (non-hydrogen) atoms. The lowest BCUT2D eigenvalue weighted by atomic mass is 9.67. The second-order valence-corrected chi connectivity index (χ2v) is 9.52.